The van der Waals surface area contributed by atoms with Crippen LogP contribution in [0.4, 0.5) is 0 Å². The number of carbonyl (C=O) groups excluding carboxylic acids is 1. The molecule has 2 aromatic rings. The Bertz CT molecular complexity index is 617. The number of Topliss-reactive ketones (excluding diaryl/α,β-unsaturated/α-hetero) is 1. The molecule has 20 heavy (non-hydrogen) atoms. The van der Waals surface area contributed by atoms with E-state index in [9.17, 15) is 4.79 Å². The van der Waals surface area contributed by atoms with Gasteiger partial charge in [0.1, 0.15) is 18.7 Å². The summed E-state index contributed by atoms with van der Waals surface area (Å²) in [5.41, 5.74) is 1.64. The molecule has 0 unspecified atom stereocenters. The van der Waals surface area contributed by atoms with E-state index in [1.165, 1.54) is 13.3 Å². The van der Waals surface area contributed by atoms with Gasteiger partial charge in [0.15, 0.2) is 11.6 Å². The fraction of sp³-hybridized carbons (Fsp3) is 0.400. The molecule has 0 radical (unpaired) electrons. The summed E-state index contributed by atoms with van der Waals surface area (Å²) in [6.07, 6.45) is 1.51. The lowest BCUT2D eigenvalue weighted by Crippen LogP contribution is -2.11. The van der Waals surface area contributed by atoms with E-state index in [1.807, 2.05) is 37.6 Å². The fourth-order valence-electron chi connectivity index (χ4n) is 1.99. The Morgan fingerprint density at radius 3 is 2.80 bits per heavy atom. The molecule has 5 nitrogen and oxygen atoms in total. The van der Waals surface area contributed by atoms with E-state index in [0.29, 0.717) is 17.9 Å². The molecule has 0 aliphatic rings. The zero-order valence-corrected chi connectivity index (χ0v) is 12.3. The molecule has 1 heterocycles. The molecule has 0 bridgehead atoms. The maximum atomic E-state index is 11.6. The molecule has 0 saturated carbocycles. The van der Waals surface area contributed by atoms with Crippen LogP contribution in [-0.2, 0) is 6.61 Å². The van der Waals surface area contributed by atoms with Gasteiger partial charge in [-0.1, -0.05) is 6.07 Å². The smallest absolute Gasteiger partial charge is 0.165 e. The van der Waals surface area contributed by atoms with Crippen molar-refractivity contribution in [1.29, 1.82) is 0 Å². The van der Waals surface area contributed by atoms with Crippen molar-refractivity contribution in [2.75, 3.05) is 0 Å². The van der Waals surface area contributed by atoms with Crippen LogP contribution in [0.15, 0.2) is 24.5 Å². The van der Waals surface area contributed by atoms with Crippen molar-refractivity contribution in [3.05, 3.63) is 41.5 Å². The Labute approximate surface area is 118 Å². The van der Waals surface area contributed by atoms with Gasteiger partial charge in [0.2, 0.25) is 0 Å². The van der Waals surface area contributed by atoms with Crippen LogP contribution in [0.3, 0.4) is 0 Å². The van der Waals surface area contributed by atoms with Gasteiger partial charge in [0, 0.05) is 6.04 Å². The monoisotopic (exact) mass is 273 g/mol. The van der Waals surface area contributed by atoms with Crippen molar-refractivity contribution in [3.63, 3.8) is 0 Å². The van der Waals surface area contributed by atoms with Crippen molar-refractivity contribution in [3.8, 4) is 5.75 Å². The average molecular weight is 273 g/mol. The minimum absolute atomic E-state index is 0.00896. The molecule has 0 amide bonds. The summed E-state index contributed by atoms with van der Waals surface area (Å²) in [6, 6.07) is 5.79. The van der Waals surface area contributed by atoms with Gasteiger partial charge in [-0.05, 0) is 45.4 Å². The molecule has 0 saturated heterocycles. The first-order chi connectivity index (χ1) is 9.49. The number of benzene rings is 1. The molecule has 5 heteroatoms. The van der Waals surface area contributed by atoms with Crippen LogP contribution in [0.2, 0.25) is 0 Å². The maximum absolute atomic E-state index is 11.6. The summed E-state index contributed by atoms with van der Waals surface area (Å²) in [5, 5.41) is 4.16. The van der Waals surface area contributed by atoms with E-state index in [-0.39, 0.29) is 11.8 Å². The topological polar surface area (TPSA) is 57.0 Å². The van der Waals surface area contributed by atoms with Gasteiger partial charge < -0.3 is 4.74 Å². The van der Waals surface area contributed by atoms with Crippen LogP contribution >= 0.6 is 0 Å². The quantitative estimate of drug-likeness (QED) is 0.786. The molecule has 1 aromatic carbocycles. The molecule has 106 valence electrons. The zero-order chi connectivity index (χ0) is 14.7. The van der Waals surface area contributed by atoms with Crippen LogP contribution in [0.25, 0.3) is 0 Å². The largest absolute Gasteiger partial charge is 0.485 e. The normalized spacial score (nSPS) is 10.8. The average Bonchev–Trinajstić information content (AvgIpc) is 2.84. The molecular weight excluding hydrogens is 254 g/mol. The van der Waals surface area contributed by atoms with Crippen LogP contribution < -0.4 is 4.74 Å². The first kappa shape index (κ1) is 14.2. The van der Waals surface area contributed by atoms with E-state index in [4.69, 9.17) is 4.74 Å². The number of ether oxygens (including phenoxy) is 1. The van der Waals surface area contributed by atoms with Gasteiger partial charge in [-0.3, -0.25) is 4.79 Å². The van der Waals surface area contributed by atoms with Gasteiger partial charge in [-0.2, -0.15) is 5.10 Å². The van der Waals surface area contributed by atoms with E-state index < -0.39 is 0 Å². The first-order valence-corrected chi connectivity index (χ1v) is 6.62. The number of rotatable bonds is 5. The maximum Gasteiger partial charge on any atom is 0.165 e. The second-order valence-corrected chi connectivity index (χ2v) is 5.06. The minimum Gasteiger partial charge on any atom is -0.485 e. The van der Waals surface area contributed by atoms with E-state index in [1.54, 1.807) is 6.07 Å². The summed E-state index contributed by atoms with van der Waals surface area (Å²) < 4.78 is 7.58. The van der Waals surface area contributed by atoms with Crippen molar-refractivity contribution in [1.82, 2.24) is 14.8 Å². The zero-order valence-electron chi connectivity index (χ0n) is 12.3. The second-order valence-electron chi connectivity index (χ2n) is 5.06. The Morgan fingerprint density at radius 2 is 2.15 bits per heavy atom. The Kier molecular flexibility index (Phi) is 4.17. The molecule has 0 spiro atoms. The van der Waals surface area contributed by atoms with E-state index in [0.717, 1.165) is 11.4 Å². The SMILES string of the molecule is CC(=O)c1ccc(C)cc1OCc1ncnn1C(C)C. The molecule has 0 fully saturated rings. The number of aromatic nitrogens is 3. The second kappa shape index (κ2) is 5.86. The summed E-state index contributed by atoms with van der Waals surface area (Å²) in [5.74, 6) is 1.33. The Hall–Kier alpha value is -2.17. The number of carbonyl (C=O) groups is 1. The molecule has 0 N–H and O–H groups in total. The van der Waals surface area contributed by atoms with Crippen LogP contribution in [0.5, 0.6) is 5.75 Å². The highest BCUT2D eigenvalue weighted by molar-refractivity contribution is 5.96. The van der Waals surface area contributed by atoms with Crippen molar-refractivity contribution in [2.45, 2.75) is 40.3 Å². The lowest BCUT2D eigenvalue weighted by atomic mass is 10.1. The standard InChI is InChI=1S/C15H19N3O2/c1-10(2)18-15(16-9-17-18)8-20-14-7-11(3)5-6-13(14)12(4)19/h5-7,9-10H,8H2,1-4H3. The lowest BCUT2D eigenvalue weighted by molar-refractivity contribution is 0.101. The van der Waals surface area contributed by atoms with Crippen molar-refractivity contribution in [2.24, 2.45) is 0 Å². The van der Waals surface area contributed by atoms with Crippen LogP contribution in [0, 0.1) is 6.92 Å². The summed E-state index contributed by atoms with van der Waals surface area (Å²) in [6.45, 7) is 7.86. The predicted molar refractivity (Wildman–Crippen MR) is 75.9 cm³/mol. The van der Waals surface area contributed by atoms with Gasteiger partial charge in [0.05, 0.1) is 5.56 Å². The third-order valence-electron chi connectivity index (χ3n) is 3.01. The number of aryl methyl sites for hydroxylation is 1. The summed E-state index contributed by atoms with van der Waals surface area (Å²) >= 11 is 0. The molecule has 0 aliphatic heterocycles. The highest BCUT2D eigenvalue weighted by Gasteiger charge is 2.12. The van der Waals surface area contributed by atoms with Gasteiger partial charge >= 0.3 is 0 Å². The van der Waals surface area contributed by atoms with E-state index in [2.05, 4.69) is 10.1 Å². The van der Waals surface area contributed by atoms with E-state index >= 15 is 0 Å². The van der Waals surface area contributed by atoms with Gasteiger partial charge in [-0.25, -0.2) is 9.67 Å². The Balaban J connectivity index is 2.20. The number of ketones is 1. The van der Waals surface area contributed by atoms with Gasteiger partial charge in [-0.15, -0.1) is 0 Å². The number of hydrogen-bond donors (Lipinski definition) is 0. The molecule has 2 rings (SSSR count). The number of nitrogens with zero attached hydrogens (tertiary/aromatic N) is 3. The van der Waals surface area contributed by atoms with Crippen LogP contribution in [-0.4, -0.2) is 20.5 Å². The molecule has 0 aliphatic carbocycles. The molecule has 1 aromatic heterocycles. The first-order valence-electron chi connectivity index (χ1n) is 6.62. The summed E-state index contributed by atoms with van der Waals surface area (Å²) in [4.78, 5) is 15.8. The highest BCUT2D eigenvalue weighted by atomic mass is 16.5. The van der Waals surface area contributed by atoms with Crippen molar-refractivity contribution >= 4 is 5.78 Å². The van der Waals surface area contributed by atoms with Crippen molar-refractivity contribution < 1.29 is 9.53 Å². The third-order valence-corrected chi connectivity index (χ3v) is 3.01. The highest BCUT2D eigenvalue weighted by Crippen LogP contribution is 2.22. The molecular formula is C15H19N3O2. The third kappa shape index (κ3) is 3.04. The predicted octanol–water partition coefficient (Wildman–Crippen LogP) is 2.95. The van der Waals surface area contributed by atoms with Crippen LogP contribution in [0.1, 0.15) is 48.6 Å². The molecule has 0 atom stereocenters. The lowest BCUT2D eigenvalue weighted by Gasteiger charge is -2.12. The minimum atomic E-state index is -0.00896. The number of hydrogen-bond acceptors (Lipinski definition) is 4. The Morgan fingerprint density at radius 1 is 1.40 bits per heavy atom. The van der Waals surface area contributed by atoms with Gasteiger partial charge in [0.25, 0.3) is 0 Å². The fourth-order valence-corrected chi connectivity index (χ4v) is 1.99. The summed E-state index contributed by atoms with van der Waals surface area (Å²) in [7, 11) is 0.